The van der Waals surface area contributed by atoms with Crippen molar-refractivity contribution in [3.63, 3.8) is 0 Å². The summed E-state index contributed by atoms with van der Waals surface area (Å²) in [6.07, 6.45) is 3.56. The van der Waals surface area contributed by atoms with Crippen molar-refractivity contribution in [1.29, 1.82) is 0 Å². The highest BCUT2D eigenvalue weighted by Crippen LogP contribution is 2.43. The van der Waals surface area contributed by atoms with E-state index in [-0.39, 0.29) is 5.60 Å². The van der Waals surface area contributed by atoms with Crippen LogP contribution in [0, 0.1) is 5.92 Å². The van der Waals surface area contributed by atoms with Gasteiger partial charge >= 0.3 is 0 Å². The molecular formula is C13H20N2OS2. The van der Waals surface area contributed by atoms with Crippen LogP contribution in [-0.2, 0) is 4.74 Å². The number of hydrogen-bond donors (Lipinski definition) is 1. The molecule has 1 spiro atoms. The second-order valence-corrected chi connectivity index (χ2v) is 7.09. The third-order valence-corrected chi connectivity index (χ3v) is 5.98. The van der Waals surface area contributed by atoms with Gasteiger partial charge in [-0.3, -0.25) is 0 Å². The van der Waals surface area contributed by atoms with Crippen LogP contribution in [-0.4, -0.2) is 35.7 Å². The predicted octanol–water partition coefficient (Wildman–Crippen LogP) is 2.71. The maximum absolute atomic E-state index is 6.10. The van der Waals surface area contributed by atoms with Crippen LogP contribution in [0.2, 0.25) is 0 Å². The molecule has 2 aliphatic rings. The largest absolute Gasteiger partial charge is 0.374 e. The van der Waals surface area contributed by atoms with Crippen molar-refractivity contribution in [1.82, 2.24) is 10.3 Å². The Morgan fingerprint density at radius 2 is 2.56 bits per heavy atom. The molecule has 18 heavy (non-hydrogen) atoms. The Kier molecular flexibility index (Phi) is 3.94. The van der Waals surface area contributed by atoms with Gasteiger partial charge in [-0.05, 0) is 38.0 Å². The number of thioether (sulfide) groups is 1. The molecular weight excluding hydrogens is 264 g/mol. The Morgan fingerprint density at radius 3 is 3.22 bits per heavy atom. The van der Waals surface area contributed by atoms with Gasteiger partial charge in [0.05, 0.1) is 22.8 Å². The Balaban J connectivity index is 1.74. The average molecular weight is 284 g/mol. The van der Waals surface area contributed by atoms with Crippen LogP contribution >= 0.6 is 23.1 Å². The van der Waals surface area contributed by atoms with Gasteiger partial charge in [-0.15, -0.1) is 11.3 Å². The van der Waals surface area contributed by atoms with Crippen molar-refractivity contribution in [2.75, 3.05) is 25.2 Å². The summed E-state index contributed by atoms with van der Waals surface area (Å²) >= 11 is 3.72. The van der Waals surface area contributed by atoms with Gasteiger partial charge in [0.15, 0.2) is 0 Å². The van der Waals surface area contributed by atoms with Gasteiger partial charge in [0, 0.05) is 17.7 Å². The molecule has 3 nitrogen and oxygen atoms in total. The number of nitrogens with one attached hydrogen (secondary N) is 1. The van der Waals surface area contributed by atoms with Crippen molar-refractivity contribution in [3.8, 4) is 0 Å². The van der Waals surface area contributed by atoms with Crippen molar-refractivity contribution in [2.45, 2.75) is 30.9 Å². The van der Waals surface area contributed by atoms with E-state index in [0.717, 1.165) is 13.0 Å². The van der Waals surface area contributed by atoms with Crippen LogP contribution in [0.15, 0.2) is 10.9 Å². The monoisotopic (exact) mass is 284 g/mol. The van der Waals surface area contributed by atoms with Crippen molar-refractivity contribution in [2.24, 2.45) is 5.92 Å². The molecule has 0 amide bonds. The van der Waals surface area contributed by atoms with Crippen LogP contribution < -0.4 is 5.32 Å². The van der Waals surface area contributed by atoms with E-state index < -0.39 is 0 Å². The van der Waals surface area contributed by atoms with Crippen LogP contribution in [0.5, 0.6) is 0 Å². The molecule has 0 saturated carbocycles. The fourth-order valence-corrected chi connectivity index (χ4v) is 5.18. The lowest BCUT2D eigenvalue weighted by Gasteiger charge is -2.40. The summed E-state index contributed by atoms with van der Waals surface area (Å²) in [6, 6.07) is 0.391. The van der Waals surface area contributed by atoms with E-state index >= 15 is 0 Å². The van der Waals surface area contributed by atoms with E-state index in [2.05, 4.69) is 22.7 Å². The maximum atomic E-state index is 6.10. The molecule has 3 rings (SSSR count). The molecule has 5 heteroatoms. The zero-order valence-electron chi connectivity index (χ0n) is 10.7. The molecule has 2 saturated heterocycles. The Bertz CT molecular complexity index is 376. The number of thiazole rings is 1. The van der Waals surface area contributed by atoms with Gasteiger partial charge in [-0.2, -0.15) is 11.8 Å². The van der Waals surface area contributed by atoms with E-state index in [1.807, 2.05) is 17.3 Å². The van der Waals surface area contributed by atoms with Crippen molar-refractivity contribution >= 4 is 23.1 Å². The highest BCUT2D eigenvalue weighted by molar-refractivity contribution is 7.99. The fourth-order valence-electron chi connectivity index (χ4n) is 3.21. The Morgan fingerprint density at radius 1 is 1.61 bits per heavy atom. The molecule has 3 heterocycles. The third-order valence-electron chi connectivity index (χ3n) is 4.15. The van der Waals surface area contributed by atoms with Crippen LogP contribution in [0.25, 0.3) is 0 Å². The smallest absolute Gasteiger partial charge is 0.0795 e. The summed E-state index contributed by atoms with van der Waals surface area (Å²) in [5.41, 5.74) is 3.30. The van der Waals surface area contributed by atoms with Crippen LogP contribution in [0.1, 0.15) is 31.0 Å². The van der Waals surface area contributed by atoms with Gasteiger partial charge in [-0.1, -0.05) is 0 Å². The molecule has 2 aliphatic heterocycles. The lowest BCUT2D eigenvalue weighted by Crippen LogP contribution is -2.43. The quantitative estimate of drug-likeness (QED) is 0.925. The second kappa shape index (κ2) is 5.49. The number of rotatable bonds is 3. The summed E-state index contributed by atoms with van der Waals surface area (Å²) in [5, 5.41) is 5.64. The molecule has 3 atom stereocenters. The molecule has 0 bridgehead atoms. The molecule has 0 aliphatic carbocycles. The van der Waals surface area contributed by atoms with Gasteiger partial charge in [0.25, 0.3) is 0 Å². The average Bonchev–Trinajstić information content (AvgIpc) is 3.03. The second-order valence-electron chi connectivity index (χ2n) is 5.27. The summed E-state index contributed by atoms with van der Waals surface area (Å²) in [6.45, 7) is 0.910. The molecule has 0 radical (unpaired) electrons. The van der Waals surface area contributed by atoms with Crippen LogP contribution in [0.4, 0.5) is 0 Å². The number of hydrogen-bond acceptors (Lipinski definition) is 5. The molecule has 2 fully saturated rings. The number of nitrogens with zero attached hydrogens (tertiary/aromatic N) is 1. The van der Waals surface area contributed by atoms with Crippen molar-refractivity contribution in [3.05, 3.63) is 16.6 Å². The van der Waals surface area contributed by atoms with Gasteiger partial charge in [0.2, 0.25) is 0 Å². The molecule has 1 N–H and O–H groups in total. The first kappa shape index (κ1) is 12.9. The molecule has 100 valence electrons. The van der Waals surface area contributed by atoms with Crippen LogP contribution in [0.3, 0.4) is 0 Å². The summed E-state index contributed by atoms with van der Waals surface area (Å²) < 4.78 is 6.10. The topological polar surface area (TPSA) is 34.2 Å². The van der Waals surface area contributed by atoms with E-state index in [1.165, 1.54) is 30.0 Å². The Hall–Kier alpha value is -0.100. The first-order valence-electron chi connectivity index (χ1n) is 6.60. The predicted molar refractivity (Wildman–Crippen MR) is 77.3 cm³/mol. The number of aromatic nitrogens is 1. The molecule has 0 aromatic carbocycles. The minimum atomic E-state index is 0.165. The minimum absolute atomic E-state index is 0.165. The highest BCUT2D eigenvalue weighted by atomic mass is 32.2. The van der Waals surface area contributed by atoms with E-state index in [9.17, 15) is 0 Å². The van der Waals surface area contributed by atoms with Gasteiger partial charge < -0.3 is 10.1 Å². The molecule has 1 aromatic heterocycles. The summed E-state index contributed by atoms with van der Waals surface area (Å²) in [4.78, 5) is 4.49. The Labute approximate surface area is 117 Å². The van der Waals surface area contributed by atoms with Crippen molar-refractivity contribution < 1.29 is 4.74 Å². The molecule has 1 aromatic rings. The lowest BCUT2D eigenvalue weighted by atomic mass is 9.80. The maximum Gasteiger partial charge on any atom is 0.0795 e. The standard InChI is InChI=1S/C13H20N2OS2/c1-14-12(11-7-18-9-15-11)10-2-4-16-13(6-10)3-5-17-8-13/h7,9-10,12,14H,2-6,8H2,1H3. The normalized spacial score (nSPS) is 33.9. The molecule has 3 unspecified atom stereocenters. The summed E-state index contributed by atoms with van der Waals surface area (Å²) in [5.74, 6) is 3.09. The lowest BCUT2D eigenvalue weighted by molar-refractivity contribution is -0.0852. The minimum Gasteiger partial charge on any atom is -0.374 e. The van der Waals surface area contributed by atoms with Gasteiger partial charge in [-0.25, -0.2) is 4.98 Å². The van der Waals surface area contributed by atoms with E-state index in [0.29, 0.717) is 12.0 Å². The highest BCUT2D eigenvalue weighted by Gasteiger charge is 2.42. The zero-order valence-corrected chi connectivity index (χ0v) is 12.4. The SMILES string of the molecule is CNC(c1cscn1)C1CCOC2(CCSC2)C1. The first-order chi connectivity index (χ1) is 8.83. The van der Waals surface area contributed by atoms with E-state index in [1.54, 1.807) is 11.3 Å². The van der Waals surface area contributed by atoms with Gasteiger partial charge in [0.1, 0.15) is 0 Å². The number of ether oxygens (including phenoxy) is 1. The third kappa shape index (κ3) is 2.46. The fraction of sp³-hybridized carbons (Fsp3) is 0.769. The zero-order chi connectivity index (χ0) is 12.4. The summed E-state index contributed by atoms with van der Waals surface area (Å²) in [7, 11) is 2.05. The first-order valence-corrected chi connectivity index (χ1v) is 8.70. The van der Waals surface area contributed by atoms with E-state index in [4.69, 9.17) is 4.74 Å².